The fourth-order valence-corrected chi connectivity index (χ4v) is 5.54. The van der Waals surface area contributed by atoms with Crippen LogP contribution in [0.5, 0.6) is 0 Å². The molecule has 4 heterocycles. The molecular formula is C26H24N6O3S. The first-order valence-electron chi connectivity index (χ1n) is 11.9. The first-order chi connectivity index (χ1) is 17.5. The van der Waals surface area contributed by atoms with Crippen molar-refractivity contribution in [2.45, 2.75) is 32.6 Å². The molecule has 10 heteroatoms. The summed E-state index contributed by atoms with van der Waals surface area (Å²) >= 11 is 1.53. The van der Waals surface area contributed by atoms with Gasteiger partial charge in [0, 0.05) is 30.3 Å². The zero-order chi connectivity index (χ0) is 24.8. The van der Waals surface area contributed by atoms with Crippen molar-refractivity contribution in [3.8, 4) is 16.5 Å². The predicted molar refractivity (Wildman–Crippen MR) is 138 cm³/mol. The minimum absolute atomic E-state index is 0.0850. The average Bonchev–Trinajstić information content (AvgIpc) is 3.65. The quantitative estimate of drug-likeness (QED) is 0.436. The molecule has 0 bridgehead atoms. The van der Waals surface area contributed by atoms with E-state index in [1.54, 1.807) is 11.0 Å². The third-order valence-corrected chi connectivity index (χ3v) is 7.57. The molecule has 9 nitrogen and oxygen atoms in total. The van der Waals surface area contributed by atoms with Gasteiger partial charge in [0.05, 0.1) is 16.5 Å². The van der Waals surface area contributed by atoms with Gasteiger partial charge in [-0.2, -0.15) is 9.78 Å². The second-order valence-corrected chi connectivity index (χ2v) is 10.2. The van der Waals surface area contributed by atoms with Crippen LogP contribution in [0.25, 0.3) is 16.5 Å². The Morgan fingerprint density at radius 3 is 2.86 bits per heavy atom. The molecule has 3 aromatic heterocycles. The Morgan fingerprint density at radius 2 is 2.06 bits per heavy atom. The Morgan fingerprint density at radius 1 is 1.17 bits per heavy atom. The molecule has 0 saturated carbocycles. The lowest BCUT2D eigenvalue weighted by molar-refractivity contribution is -0.122. The number of anilines is 2. The molecule has 6 rings (SSSR count). The maximum absolute atomic E-state index is 13.3. The van der Waals surface area contributed by atoms with Gasteiger partial charge in [0.15, 0.2) is 0 Å². The summed E-state index contributed by atoms with van der Waals surface area (Å²) in [5.41, 5.74) is 3.82. The first kappa shape index (κ1) is 22.4. The Hall–Kier alpha value is -4.05. The summed E-state index contributed by atoms with van der Waals surface area (Å²) in [7, 11) is 0. The van der Waals surface area contributed by atoms with Crippen molar-refractivity contribution < 1.29 is 9.59 Å². The third-order valence-electron chi connectivity index (χ3n) is 6.67. The molecule has 1 fully saturated rings. The number of aromatic amines is 1. The SMILES string of the molecule is Cc1cccc(N2CC(C(=O)Nc3cc(-c4cccs4)nn3-c3nc4c(c(=O)[nH]3)CCC4)CC2=O)c1. The lowest BCUT2D eigenvalue weighted by Gasteiger charge is -2.17. The van der Waals surface area contributed by atoms with Crippen molar-refractivity contribution >= 4 is 34.7 Å². The van der Waals surface area contributed by atoms with E-state index in [9.17, 15) is 14.4 Å². The molecule has 1 unspecified atom stereocenters. The van der Waals surface area contributed by atoms with E-state index in [0.29, 0.717) is 24.5 Å². The van der Waals surface area contributed by atoms with Gasteiger partial charge in [0.2, 0.25) is 17.8 Å². The van der Waals surface area contributed by atoms with Crippen LogP contribution in [0.1, 0.15) is 29.7 Å². The number of rotatable bonds is 5. The third kappa shape index (κ3) is 4.03. The molecule has 2 amide bonds. The van der Waals surface area contributed by atoms with Gasteiger partial charge in [0.25, 0.3) is 5.56 Å². The molecule has 1 saturated heterocycles. The smallest absolute Gasteiger partial charge is 0.255 e. The van der Waals surface area contributed by atoms with E-state index >= 15 is 0 Å². The Kier molecular flexibility index (Phi) is 5.52. The normalized spacial score (nSPS) is 17.0. The zero-order valence-corrected chi connectivity index (χ0v) is 20.5. The largest absolute Gasteiger partial charge is 0.312 e. The van der Waals surface area contributed by atoms with Crippen molar-refractivity contribution in [2.75, 3.05) is 16.8 Å². The van der Waals surface area contributed by atoms with Crippen molar-refractivity contribution in [3.05, 3.63) is 75.0 Å². The van der Waals surface area contributed by atoms with Crippen LogP contribution in [0, 0.1) is 12.8 Å². The Balaban J connectivity index is 1.31. The maximum atomic E-state index is 13.3. The van der Waals surface area contributed by atoms with Crippen LogP contribution < -0.4 is 15.8 Å². The summed E-state index contributed by atoms with van der Waals surface area (Å²) in [6, 6.07) is 13.3. The number of carbonyl (C=O) groups is 2. The van der Waals surface area contributed by atoms with E-state index < -0.39 is 5.92 Å². The highest BCUT2D eigenvalue weighted by Crippen LogP contribution is 2.30. The number of hydrogen-bond acceptors (Lipinski definition) is 6. The van der Waals surface area contributed by atoms with E-state index in [2.05, 4.69) is 20.4 Å². The van der Waals surface area contributed by atoms with Crippen LogP contribution >= 0.6 is 11.3 Å². The molecule has 1 atom stereocenters. The predicted octanol–water partition coefficient (Wildman–Crippen LogP) is 3.47. The lowest BCUT2D eigenvalue weighted by atomic mass is 10.1. The molecule has 182 valence electrons. The van der Waals surface area contributed by atoms with Crippen LogP contribution in [0.4, 0.5) is 11.5 Å². The monoisotopic (exact) mass is 500 g/mol. The topological polar surface area (TPSA) is 113 Å². The van der Waals surface area contributed by atoms with Crippen LogP contribution in [-0.4, -0.2) is 38.1 Å². The van der Waals surface area contributed by atoms with E-state index in [1.165, 1.54) is 16.0 Å². The summed E-state index contributed by atoms with van der Waals surface area (Å²) < 4.78 is 1.47. The molecular weight excluding hydrogens is 476 g/mol. The van der Waals surface area contributed by atoms with Crippen molar-refractivity contribution in [1.82, 2.24) is 19.7 Å². The minimum Gasteiger partial charge on any atom is -0.312 e. The minimum atomic E-state index is -0.515. The molecule has 1 aliphatic heterocycles. The number of fused-ring (bicyclic) bond motifs is 1. The Bertz CT molecular complexity index is 1540. The Labute approximate surface area is 210 Å². The summed E-state index contributed by atoms with van der Waals surface area (Å²) in [4.78, 5) is 48.8. The first-order valence-corrected chi connectivity index (χ1v) is 12.8. The van der Waals surface area contributed by atoms with Crippen LogP contribution in [0.3, 0.4) is 0 Å². The molecule has 2 aliphatic rings. The highest BCUT2D eigenvalue weighted by molar-refractivity contribution is 7.13. The highest BCUT2D eigenvalue weighted by atomic mass is 32.1. The molecule has 4 aromatic rings. The molecule has 1 aromatic carbocycles. The number of H-pyrrole nitrogens is 1. The van der Waals surface area contributed by atoms with Crippen LogP contribution in [0.15, 0.2) is 52.6 Å². The van der Waals surface area contributed by atoms with Crippen molar-refractivity contribution in [2.24, 2.45) is 5.92 Å². The van der Waals surface area contributed by atoms with Gasteiger partial charge < -0.3 is 10.2 Å². The molecule has 36 heavy (non-hydrogen) atoms. The second kappa shape index (κ2) is 8.87. The van der Waals surface area contributed by atoms with Crippen molar-refractivity contribution in [1.29, 1.82) is 0 Å². The van der Waals surface area contributed by atoms with Gasteiger partial charge in [0.1, 0.15) is 11.5 Å². The zero-order valence-electron chi connectivity index (χ0n) is 19.7. The van der Waals surface area contributed by atoms with Crippen LogP contribution in [-0.2, 0) is 22.4 Å². The van der Waals surface area contributed by atoms with Gasteiger partial charge in [-0.05, 0) is 55.3 Å². The fourth-order valence-electron chi connectivity index (χ4n) is 4.86. The van der Waals surface area contributed by atoms with Gasteiger partial charge in [-0.3, -0.25) is 19.4 Å². The summed E-state index contributed by atoms with van der Waals surface area (Å²) in [6.07, 6.45) is 2.48. The summed E-state index contributed by atoms with van der Waals surface area (Å²) in [5, 5.41) is 9.56. The van der Waals surface area contributed by atoms with E-state index in [-0.39, 0.29) is 29.7 Å². The standard InChI is InChI=1S/C26H24N6O3S/c1-15-5-2-6-17(11-15)31-14-16(12-23(31)33)24(34)28-22-13-20(21-9-4-10-36-21)30-32(22)26-27-19-8-3-7-18(19)25(35)29-26/h2,4-6,9-11,13,16H,3,7-8,12,14H2,1H3,(H,28,34)(H,27,29,35). The maximum Gasteiger partial charge on any atom is 0.255 e. The average molecular weight is 501 g/mol. The van der Waals surface area contributed by atoms with E-state index in [0.717, 1.165) is 40.2 Å². The van der Waals surface area contributed by atoms with Crippen molar-refractivity contribution in [3.63, 3.8) is 0 Å². The molecule has 0 radical (unpaired) electrons. The number of amides is 2. The number of nitrogens with zero attached hydrogens (tertiary/aromatic N) is 4. The van der Waals surface area contributed by atoms with Crippen LogP contribution in [0.2, 0.25) is 0 Å². The number of thiophene rings is 1. The van der Waals surface area contributed by atoms with Gasteiger partial charge in [-0.25, -0.2) is 4.98 Å². The number of hydrogen-bond donors (Lipinski definition) is 2. The second-order valence-electron chi connectivity index (χ2n) is 9.21. The number of aromatic nitrogens is 4. The number of aryl methyl sites for hydroxylation is 2. The van der Waals surface area contributed by atoms with E-state index in [1.807, 2.05) is 48.7 Å². The highest BCUT2D eigenvalue weighted by Gasteiger charge is 2.36. The number of carbonyl (C=O) groups excluding carboxylic acids is 2. The van der Waals surface area contributed by atoms with Gasteiger partial charge >= 0.3 is 0 Å². The summed E-state index contributed by atoms with van der Waals surface area (Å²) in [5.74, 6) is -0.216. The summed E-state index contributed by atoms with van der Waals surface area (Å²) in [6.45, 7) is 2.27. The fraction of sp³-hybridized carbons (Fsp3) is 0.269. The number of benzene rings is 1. The van der Waals surface area contributed by atoms with E-state index in [4.69, 9.17) is 0 Å². The molecule has 1 aliphatic carbocycles. The molecule has 0 spiro atoms. The molecule has 2 N–H and O–H groups in total. The van der Waals surface area contributed by atoms with Gasteiger partial charge in [-0.15, -0.1) is 11.3 Å². The number of nitrogens with one attached hydrogen (secondary N) is 2. The van der Waals surface area contributed by atoms with Gasteiger partial charge in [-0.1, -0.05) is 18.2 Å². The lowest BCUT2D eigenvalue weighted by Crippen LogP contribution is -2.29.